The molecule has 21 heteroatoms. The number of carbonyl (C=O) groups excluding carboxylic acids is 1. The fourth-order valence-corrected chi connectivity index (χ4v) is 10.2. The number of nitrogens with one attached hydrogen (secondary N) is 3. The third-order valence-electron chi connectivity index (χ3n) is 14.5. The maximum absolute atomic E-state index is 15.3. The van der Waals surface area contributed by atoms with Gasteiger partial charge in [-0.15, -0.1) is 0 Å². The number of aromatic nitrogens is 4. The first-order chi connectivity index (χ1) is 39.8. The maximum atomic E-state index is 15.3. The van der Waals surface area contributed by atoms with Crippen molar-refractivity contribution in [3.05, 3.63) is 119 Å². The van der Waals surface area contributed by atoms with Crippen LogP contribution in [0.3, 0.4) is 0 Å². The SMILES string of the molecule is Cc1noc(C)c1-c1ccc2c(c1)nc(CCc1ccc(OCC(=O)NCCOCCOCCOCCOc3ccc(NCC#Cc4cc5c(NC6CCN(C)CC6)cccc5n4CC(F)(F)F)cc3)c(F)c1)n2CCN1CCOCC1. The summed E-state index contributed by atoms with van der Waals surface area (Å²) in [5.41, 5.74) is 7.91. The predicted molar refractivity (Wildman–Crippen MR) is 306 cm³/mol. The van der Waals surface area contributed by atoms with Crippen LogP contribution in [0.5, 0.6) is 11.5 Å². The fraction of sp³-hybridized carbons (Fsp3) is 0.459. The molecule has 2 saturated heterocycles. The minimum atomic E-state index is -4.40. The Hall–Kier alpha value is -7.19. The lowest BCUT2D eigenvalue weighted by Gasteiger charge is -2.30. The van der Waals surface area contributed by atoms with Crippen molar-refractivity contribution in [1.29, 1.82) is 0 Å². The van der Waals surface area contributed by atoms with Crippen LogP contribution in [0.25, 0.3) is 33.1 Å². The van der Waals surface area contributed by atoms with E-state index in [1.165, 1.54) is 10.6 Å². The number of hydrogen-bond donors (Lipinski definition) is 3. The highest BCUT2D eigenvalue weighted by Gasteiger charge is 2.30. The van der Waals surface area contributed by atoms with E-state index in [1.807, 2.05) is 50.2 Å². The number of amides is 1. The normalized spacial score (nSPS) is 14.5. The number of likely N-dealkylation sites (tertiary alicyclic amines) is 1. The van der Waals surface area contributed by atoms with Gasteiger partial charge in [0.05, 0.1) is 87.3 Å². The first-order valence-corrected chi connectivity index (χ1v) is 28.1. The molecule has 7 aromatic rings. The van der Waals surface area contributed by atoms with Crippen LogP contribution in [0.15, 0.2) is 89.5 Å². The van der Waals surface area contributed by atoms with Gasteiger partial charge in [-0.2, -0.15) is 13.2 Å². The highest BCUT2D eigenvalue weighted by Crippen LogP contribution is 2.33. The van der Waals surface area contributed by atoms with E-state index in [2.05, 4.69) is 72.6 Å². The highest BCUT2D eigenvalue weighted by molar-refractivity contribution is 5.94. The summed E-state index contributed by atoms with van der Waals surface area (Å²) in [6.07, 6.45) is -1.32. The van der Waals surface area contributed by atoms with E-state index in [0.29, 0.717) is 69.4 Å². The molecular weight excluding hydrogens is 1060 g/mol. The van der Waals surface area contributed by atoms with E-state index in [0.717, 1.165) is 127 Å². The van der Waals surface area contributed by atoms with E-state index in [-0.39, 0.29) is 38.1 Å². The number of hydrogen-bond acceptors (Lipinski definition) is 14. The van der Waals surface area contributed by atoms with Gasteiger partial charge < -0.3 is 62.9 Å². The van der Waals surface area contributed by atoms with Crippen molar-refractivity contribution < 1.29 is 55.3 Å². The number of anilines is 2. The number of carbonyl (C=O) groups is 1. The first kappa shape index (κ1) is 59.4. The van der Waals surface area contributed by atoms with Crippen LogP contribution in [0.4, 0.5) is 28.9 Å². The van der Waals surface area contributed by atoms with Crippen LogP contribution in [0.2, 0.25) is 0 Å². The number of halogens is 4. The van der Waals surface area contributed by atoms with Gasteiger partial charge in [0.25, 0.3) is 5.91 Å². The summed E-state index contributed by atoms with van der Waals surface area (Å²) in [5.74, 6) is 7.35. The zero-order valence-corrected chi connectivity index (χ0v) is 46.9. The summed E-state index contributed by atoms with van der Waals surface area (Å²) in [6, 6.07) is 25.8. The lowest BCUT2D eigenvalue weighted by molar-refractivity contribution is -0.140. The second-order valence-electron chi connectivity index (χ2n) is 20.5. The van der Waals surface area contributed by atoms with E-state index < -0.39 is 24.4 Å². The number of fused-ring (bicyclic) bond motifs is 2. The first-order valence-electron chi connectivity index (χ1n) is 28.1. The molecule has 0 spiro atoms. The topological polar surface area (TPSA) is 164 Å². The van der Waals surface area contributed by atoms with Crippen LogP contribution < -0.4 is 25.4 Å². The summed E-state index contributed by atoms with van der Waals surface area (Å²) in [4.78, 5) is 22.2. The van der Waals surface area contributed by atoms with Gasteiger partial charge in [-0.1, -0.05) is 29.3 Å². The molecule has 2 aliphatic rings. The van der Waals surface area contributed by atoms with E-state index in [9.17, 15) is 18.0 Å². The van der Waals surface area contributed by atoms with Crippen LogP contribution in [-0.4, -0.2) is 166 Å². The van der Waals surface area contributed by atoms with Gasteiger partial charge in [0.15, 0.2) is 18.2 Å². The molecule has 0 radical (unpaired) electrons. The van der Waals surface area contributed by atoms with Crippen LogP contribution in [-0.2, 0) is 49.7 Å². The third-order valence-corrected chi connectivity index (χ3v) is 14.5. The highest BCUT2D eigenvalue weighted by atomic mass is 19.4. The third kappa shape index (κ3) is 17.0. The Labute approximate surface area is 475 Å². The predicted octanol–water partition coefficient (Wildman–Crippen LogP) is 8.68. The van der Waals surface area contributed by atoms with E-state index in [4.69, 9.17) is 37.9 Å². The number of nitrogens with zero attached hydrogens (tertiary/aromatic N) is 6. The monoisotopic (exact) mass is 1140 g/mol. The summed E-state index contributed by atoms with van der Waals surface area (Å²) < 4.78 is 99.0. The standard InChI is InChI=1S/C61H73F4N9O8/c1-43-60(44(2)82-70-43)46-11-16-56-54(39-46)69-58(73(56)26-25-72-27-30-77-31-28-72)18-10-45-9-17-57(52(62)38-45)81-41-59(75)67-22-29-76-32-33-78-34-35-79-36-37-80-50-14-12-47(13-15-50)66-21-5-6-49-40-51-53(68-48-19-23-71(3)24-20-48)7-4-8-55(51)74(49)42-61(63,64)65/h4,7-9,11-17,38-40,48,66,68H,10,18-37,41-42H2,1-3H3,(H,67,75). The molecule has 17 nitrogen and oxygen atoms in total. The Kier molecular flexibility index (Phi) is 21.1. The van der Waals surface area contributed by atoms with Crippen LogP contribution in [0.1, 0.15) is 41.4 Å². The molecule has 0 saturated carbocycles. The minimum Gasteiger partial charge on any atom is -0.491 e. The molecule has 0 bridgehead atoms. The molecule has 82 heavy (non-hydrogen) atoms. The van der Waals surface area contributed by atoms with Crippen LogP contribution in [0, 0.1) is 31.5 Å². The fourth-order valence-electron chi connectivity index (χ4n) is 10.2. The molecule has 9 rings (SSSR count). The molecule has 0 aliphatic carbocycles. The van der Waals surface area contributed by atoms with E-state index >= 15 is 4.39 Å². The van der Waals surface area contributed by atoms with Crippen molar-refractivity contribution in [2.45, 2.75) is 64.8 Å². The van der Waals surface area contributed by atoms with Gasteiger partial charge in [0.2, 0.25) is 0 Å². The average molecular weight is 1140 g/mol. The van der Waals surface area contributed by atoms with Crippen molar-refractivity contribution in [2.75, 3.05) is 130 Å². The van der Waals surface area contributed by atoms with Gasteiger partial charge in [0, 0.05) is 67.5 Å². The Morgan fingerprint density at radius 2 is 1.56 bits per heavy atom. The van der Waals surface area contributed by atoms with Crippen LogP contribution >= 0.6 is 0 Å². The molecule has 2 fully saturated rings. The summed E-state index contributed by atoms with van der Waals surface area (Å²) in [7, 11) is 2.09. The number of aryl methyl sites for hydroxylation is 4. The molecule has 0 atom stereocenters. The zero-order chi connectivity index (χ0) is 57.3. The Morgan fingerprint density at radius 1 is 0.805 bits per heavy atom. The molecular formula is C61H73F4N9O8. The van der Waals surface area contributed by atoms with Crippen molar-refractivity contribution in [3.63, 3.8) is 0 Å². The van der Waals surface area contributed by atoms with Crippen molar-refractivity contribution in [2.24, 2.45) is 0 Å². The summed E-state index contributed by atoms with van der Waals surface area (Å²) >= 11 is 0. The molecule has 3 N–H and O–H groups in total. The zero-order valence-electron chi connectivity index (χ0n) is 46.9. The number of benzene rings is 4. The van der Waals surface area contributed by atoms with Gasteiger partial charge in [-0.25, -0.2) is 9.37 Å². The number of rotatable bonds is 28. The van der Waals surface area contributed by atoms with Crippen molar-refractivity contribution in [1.82, 2.24) is 34.4 Å². The summed E-state index contributed by atoms with van der Waals surface area (Å²) in [6.45, 7) is 12.0. The lowest BCUT2D eigenvalue weighted by atomic mass is 10.0. The molecule has 0 unspecified atom stereocenters. The number of ether oxygens (including phenoxy) is 6. The Morgan fingerprint density at radius 3 is 2.29 bits per heavy atom. The molecule has 3 aromatic heterocycles. The lowest BCUT2D eigenvalue weighted by Crippen LogP contribution is -2.38. The number of alkyl halides is 3. The van der Waals surface area contributed by atoms with Gasteiger partial charge >= 0.3 is 6.18 Å². The molecule has 4 aromatic carbocycles. The molecule has 2 aliphatic heterocycles. The Bertz CT molecular complexity index is 3230. The minimum absolute atomic E-state index is 0.00361. The van der Waals surface area contributed by atoms with Gasteiger partial charge in [0.1, 0.15) is 30.5 Å². The second kappa shape index (κ2) is 29.2. The largest absolute Gasteiger partial charge is 0.491 e. The smallest absolute Gasteiger partial charge is 0.406 e. The van der Waals surface area contributed by atoms with Gasteiger partial charge in [-0.05, 0) is 137 Å². The second-order valence-corrected chi connectivity index (χ2v) is 20.5. The van der Waals surface area contributed by atoms with Crippen molar-refractivity contribution >= 4 is 39.2 Å². The van der Waals surface area contributed by atoms with Gasteiger partial charge in [-0.3, -0.25) is 9.69 Å². The number of morpholine rings is 1. The van der Waals surface area contributed by atoms with E-state index in [1.54, 1.807) is 24.3 Å². The number of piperidine rings is 1. The average Bonchev–Trinajstić information content (AvgIpc) is 4.22. The Balaban J connectivity index is 0.609. The molecule has 1 amide bonds. The summed E-state index contributed by atoms with van der Waals surface area (Å²) in [5, 5.41) is 14.3. The molecule has 5 heterocycles. The quantitative estimate of drug-likeness (QED) is 0.0243. The number of imidazole rings is 1. The molecule has 438 valence electrons. The maximum Gasteiger partial charge on any atom is 0.406 e. The van der Waals surface area contributed by atoms with Crippen molar-refractivity contribution in [3.8, 4) is 34.5 Å².